The summed E-state index contributed by atoms with van der Waals surface area (Å²) in [7, 11) is 1.24. The number of ether oxygens (including phenoxy) is 1. The highest BCUT2D eigenvalue weighted by Crippen LogP contribution is 2.16. The molecule has 2 aromatic rings. The zero-order valence-electron chi connectivity index (χ0n) is 13.2. The Balaban J connectivity index is 2.39. The molecule has 23 heavy (non-hydrogen) atoms. The molecule has 0 saturated carbocycles. The van der Waals surface area contributed by atoms with Crippen LogP contribution in [0.2, 0.25) is 0 Å². The number of benzene rings is 1. The molecule has 1 amide bonds. The molecule has 0 fully saturated rings. The van der Waals surface area contributed by atoms with Gasteiger partial charge in [0.1, 0.15) is 5.56 Å². The third-order valence-electron chi connectivity index (χ3n) is 3.53. The molecule has 0 bridgehead atoms. The number of carbonyl (C=O) groups excluding carboxylic acids is 2. The summed E-state index contributed by atoms with van der Waals surface area (Å²) in [5, 5.41) is 2.71. The third-order valence-corrected chi connectivity index (χ3v) is 3.53. The number of aryl methyl sites for hydroxylation is 2. The monoisotopic (exact) mass is 314 g/mol. The molecule has 0 saturated heterocycles. The van der Waals surface area contributed by atoms with E-state index in [0.29, 0.717) is 11.4 Å². The van der Waals surface area contributed by atoms with E-state index in [2.05, 4.69) is 15.0 Å². The van der Waals surface area contributed by atoms with Crippen molar-refractivity contribution in [1.29, 1.82) is 0 Å². The van der Waals surface area contributed by atoms with E-state index in [-0.39, 0.29) is 11.1 Å². The zero-order valence-corrected chi connectivity index (χ0v) is 13.2. The summed E-state index contributed by atoms with van der Waals surface area (Å²) in [6, 6.07) is 8.59. The molecule has 120 valence electrons. The second-order valence-electron chi connectivity index (χ2n) is 5.01. The second-order valence-corrected chi connectivity index (χ2v) is 5.01. The van der Waals surface area contributed by atoms with E-state index in [1.54, 1.807) is 19.1 Å². The number of aromatic amines is 1. The molecule has 0 unspecified atom stereocenters. The fourth-order valence-electron chi connectivity index (χ4n) is 2.25. The highest BCUT2D eigenvalue weighted by Gasteiger charge is 2.18. The Hall–Kier alpha value is -2.89. The van der Waals surface area contributed by atoms with E-state index in [9.17, 15) is 14.4 Å². The van der Waals surface area contributed by atoms with E-state index in [1.165, 1.54) is 13.2 Å². The van der Waals surface area contributed by atoms with Crippen LogP contribution < -0.4 is 10.9 Å². The number of anilines is 1. The van der Waals surface area contributed by atoms with Crippen molar-refractivity contribution in [2.24, 2.45) is 0 Å². The molecule has 1 aromatic heterocycles. The Labute approximate surface area is 133 Å². The number of carbonyl (C=O) groups is 2. The molecule has 1 heterocycles. The van der Waals surface area contributed by atoms with Gasteiger partial charge >= 0.3 is 5.97 Å². The van der Waals surface area contributed by atoms with Gasteiger partial charge in [-0.15, -0.1) is 0 Å². The molecule has 6 nitrogen and oxygen atoms in total. The number of methoxy groups -OCH3 is 1. The fourth-order valence-corrected chi connectivity index (χ4v) is 2.25. The summed E-state index contributed by atoms with van der Waals surface area (Å²) in [5.74, 6) is -1.18. The van der Waals surface area contributed by atoms with Crippen LogP contribution in [0, 0.1) is 6.92 Å². The molecule has 0 aliphatic carbocycles. The van der Waals surface area contributed by atoms with Crippen molar-refractivity contribution in [3.05, 3.63) is 63.1 Å². The van der Waals surface area contributed by atoms with Gasteiger partial charge in [0.25, 0.3) is 11.5 Å². The van der Waals surface area contributed by atoms with Gasteiger partial charge in [0.15, 0.2) is 0 Å². The van der Waals surface area contributed by atoms with Crippen molar-refractivity contribution in [2.75, 3.05) is 12.4 Å². The van der Waals surface area contributed by atoms with Gasteiger partial charge in [-0.25, -0.2) is 4.79 Å². The summed E-state index contributed by atoms with van der Waals surface area (Å²) in [6.45, 7) is 3.54. The lowest BCUT2D eigenvalue weighted by Crippen LogP contribution is -2.26. The van der Waals surface area contributed by atoms with Gasteiger partial charge in [-0.3, -0.25) is 9.59 Å². The molecule has 0 aliphatic rings. The Morgan fingerprint density at radius 1 is 1.22 bits per heavy atom. The maximum Gasteiger partial charge on any atom is 0.339 e. The Morgan fingerprint density at radius 2 is 1.91 bits per heavy atom. The molecule has 0 aliphatic heterocycles. The van der Waals surface area contributed by atoms with Gasteiger partial charge in [0.2, 0.25) is 0 Å². The normalized spacial score (nSPS) is 10.2. The SMILES string of the molecule is CCc1ccccc1NC(=O)c1cc(C(=O)OC)c(C)[nH]c1=O. The Morgan fingerprint density at radius 3 is 2.57 bits per heavy atom. The van der Waals surface area contributed by atoms with Crippen LogP contribution >= 0.6 is 0 Å². The molecule has 0 spiro atoms. The molecule has 2 rings (SSSR count). The van der Waals surface area contributed by atoms with Gasteiger partial charge in [0, 0.05) is 11.4 Å². The number of amides is 1. The summed E-state index contributed by atoms with van der Waals surface area (Å²) >= 11 is 0. The zero-order chi connectivity index (χ0) is 17.0. The minimum Gasteiger partial charge on any atom is -0.465 e. The topological polar surface area (TPSA) is 88.3 Å². The van der Waals surface area contributed by atoms with Crippen LogP contribution in [0.25, 0.3) is 0 Å². The van der Waals surface area contributed by atoms with E-state index in [4.69, 9.17) is 0 Å². The third kappa shape index (κ3) is 3.48. The van der Waals surface area contributed by atoms with Crippen LogP contribution in [0.3, 0.4) is 0 Å². The first-order valence-corrected chi connectivity index (χ1v) is 7.19. The highest BCUT2D eigenvalue weighted by atomic mass is 16.5. The summed E-state index contributed by atoms with van der Waals surface area (Å²) in [5.41, 5.74) is 1.41. The quantitative estimate of drug-likeness (QED) is 0.847. The molecule has 1 aromatic carbocycles. The fraction of sp³-hybridized carbons (Fsp3) is 0.235. The number of hydrogen-bond acceptors (Lipinski definition) is 4. The van der Waals surface area contributed by atoms with Crippen LogP contribution in [-0.4, -0.2) is 24.0 Å². The standard InChI is InChI=1S/C17H18N2O4/c1-4-11-7-5-6-8-14(11)19-16(21)13-9-12(17(22)23-3)10(2)18-15(13)20/h5-9H,4H2,1-3H3,(H,18,20)(H,19,21). The number of aromatic nitrogens is 1. The minimum absolute atomic E-state index is 0.137. The molecular formula is C17H18N2O4. The molecule has 0 atom stereocenters. The average molecular weight is 314 g/mol. The van der Waals surface area contributed by atoms with Crippen LogP contribution in [0.1, 0.15) is 38.9 Å². The predicted molar refractivity (Wildman–Crippen MR) is 86.9 cm³/mol. The first kappa shape index (κ1) is 16.5. The van der Waals surface area contributed by atoms with Crippen molar-refractivity contribution in [3.63, 3.8) is 0 Å². The number of hydrogen-bond donors (Lipinski definition) is 2. The van der Waals surface area contributed by atoms with Crippen molar-refractivity contribution < 1.29 is 14.3 Å². The number of nitrogens with one attached hydrogen (secondary N) is 2. The summed E-state index contributed by atoms with van der Waals surface area (Å²) < 4.78 is 4.65. The van der Waals surface area contributed by atoms with Crippen LogP contribution in [-0.2, 0) is 11.2 Å². The van der Waals surface area contributed by atoms with Crippen LogP contribution in [0.5, 0.6) is 0 Å². The van der Waals surface area contributed by atoms with Gasteiger partial charge in [-0.05, 0) is 31.0 Å². The van der Waals surface area contributed by atoms with Gasteiger partial charge < -0.3 is 15.0 Å². The predicted octanol–water partition coefficient (Wildman–Crippen LogP) is 2.28. The minimum atomic E-state index is -0.609. The first-order chi connectivity index (χ1) is 11.0. The molecular weight excluding hydrogens is 296 g/mol. The second kappa shape index (κ2) is 6.91. The Bertz CT molecular complexity index is 808. The van der Waals surface area contributed by atoms with E-state index >= 15 is 0 Å². The number of H-pyrrole nitrogens is 1. The molecule has 6 heteroatoms. The van der Waals surface area contributed by atoms with Crippen LogP contribution in [0.4, 0.5) is 5.69 Å². The van der Waals surface area contributed by atoms with Gasteiger partial charge in [-0.1, -0.05) is 25.1 Å². The number of rotatable bonds is 4. The average Bonchev–Trinajstić information content (AvgIpc) is 2.54. The van der Waals surface area contributed by atoms with Crippen molar-refractivity contribution in [1.82, 2.24) is 4.98 Å². The summed E-state index contributed by atoms with van der Waals surface area (Å²) in [6.07, 6.45) is 0.744. The highest BCUT2D eigenvalue weighted by molar-refractivity contribution is 6.05. The summed E-state index contributed by atoms with van der Waals surface area (Å²) in [4.78, 5) is 38.6. The Kier molecular flexibility index (Phi) is 4.95. The lowest BCUT2D eigenvalue weighted by Gasteiger charge is -2.10. The lowest BCUT2D eigenvalue weighted by atomic mass is 10.1. The number of esters is 1. The van der Waals surface area contributed by atoms with E-state index in [0.717, 1.165) is 12.0 Å². The number of para-hydroxylation sites is 1. The van der Waals surface area contributed by atoms with E-state index in [1.807, 2.05) is 19.1 Å². The van der Waals surface area contributed by atoms with Crippen molar-refractivity contribution in [2.45, 2.75) is 20.3 Å². The van der Waals surface area contributed by atoms with Gasteiger partial charge in [-0.2, -0.15) is 0 Å². The van der Waals surface area contributed by atoms with Gasteiger partial charge in [0.05, 0.1) is 12.7 Å². The maximum absolute atomic E-state index is 12.4. The largest absolute Gasteiger partial charge is 0.465 e. The lowest BCUT2D eigenvalue weighted by molar-refractivity contribution is 0.0599. The van der Waals surface area contributed by atoms with E-state index < -0.39 is 17.4 Å². The van der Waals surface area contributed by atoms with Crippen LogP contribution in [0.15, 0.2) is 35.1 Å². The number of pyridine rings is 1. The smallest absolute Gasteiger partial charge is 0.339 e. The van der Waals surface area contributed by atoms with Crippen molar-refractivity contribution >= 4 is 17.6 Å². The molecule has 2 N–H and O–H groups in total. The maximum atomic E-state index is 12.4. The first-order valence-electron chi connectivity index (χ1n) is 7.19. The molecule has 0 radical (unpaired) electrons. The van der Waals surface area contributed by atoms with Crippen molar-refractivity contribution in [3.8, 4) is 0 Å².